The maximum Gasteiger partial charge on any atom is 0.226 e. The van der Waals surface area contributed by atoms with Crippen molar-refractivity contribution in [2.24, 2.45) is 5.41 Å². The minimum absolute atomic E-state index is 0.0360. The van der Waals surface area contributed by atoms with Gasteiger partial charge in [0.05, 0.1) is 6.04 Å². The summed E-state index contributed by atoms with van der Waals surface area (Å²) in [5.41, 5.74) is -0.339. The van der Waals surface area contributed by atoms with Crippen LogP contribution in [0.4, 0.5) is 0 Å². The molecule has 1 amide bonds. The number of amides is 1. The first kappa shape index (κ1) is 11.7. The number of hydrogen-bond donors (Lipinski definition) is 2. The topological polar surface area (TPSA) is 70.7 Å². The zero-order valence-corrected chi connectivity index (χ0v) is 9.66. The van der Waals surface area contributed by atoms with Crippen LogP contribution in [0, 0.1) is 5.41 Å². The van der Waals surface area contributed by atoms with Crippen LogP contribution in [-0.2, 0) is 4.79 Å². The number of aromatic amines is 1. The molecule has 0 spiro atoms. The molecule has 0 radical (unpaired) electrons. The van der Waals surface area contributed by atoms with E-state index in [9.17, 15) is 4.79 Å². The predicted octanol–water partition coefficient (Wildman–Crippen LogP) is 1.42. The average Bonchev–Trinajstić information content (AvgIpc) is 2.70. The van der Waals surface area contributed by atoms with Gasteiger partial charge in [-0.25, -0.2) is 4.98 Å². The number of hydrogen-bond acceptors (Lipinski definition) is 3. The molecule has 2 N–H and O–H groups in total. The van der Waals surface area contributed by atoms with Gasteiger partial charge in [0.25, 0.3) is 0 Å². The number of carbonyl (C=O) groups is 1. The third kappa shape index (κ3) is 2.78. The molecule has 5 nitrogen and oxygen atoms in total. The van der Waals surface area contributed by atoms with E-state index in [0.717, 1.165) is 6.42 Å². The van der Waals surface area contributed by atoms with Crippen molar-refractivity contribution < 1.29 is 4.79 Å². The average molecular weight is 210 g/mol. The van der Waals surface area contributed by atoms with Crippen molar-refractivity contribution in [3.63, 3.8) is 0 Å². The normalized spacial score (nSPS) is 13.6. The van der Waals surface area contributed by atoms with Crippen LogP contribution in [0.25, 0.3) is 0 Å². The summed E-state index contributed by atoms with van der Waals surface area (Å²) >= 11 is 0. The summed E-state index contributed by atoms with van der Waals surface area (Å²) in [5, 5.41) is 9.38. The second-order valence-electron chi connectivity index (χ2n) is 4.30. The molecule has 0 saturated heterocycles. The summed E-state index contributed by atoms with van der Waals surface area (Å²) in [6, 6.07) is -0.133. The Morgan fingerprint density at radius 1 is 1.67 bits per heavy atom. The quantitative estimate of drug-likeness (QED) is 0.789. The van der Waals surface area contributed by atoms with Crippen molar-refractivity contribution in [3.05, 3.63) is 12.2 Å². The van der Waals surface area contributed by atoms with Crippen LogP contribution >= 0.6 is 0 Å². The lowest BCUT2D eigenvalue weighted by atomic mass is 9.89. The van der Waals surface area contributed by atoms with Crippen molar-refractivity contribution in [1.82, 2.24) is 20.5 Å². The minimum atomic E-state index is -0.339. The third-order valence-corrected chi connectivity index (χ3v) is 2.69. The molecular weight excluding hydrogens is 192 g/mol. The molecule has 5 heteroatoms. The Hall–Kier alpha value is -1.39. The molecule has 15 heavy (non-hydrogen) atoms. The maximum atomic E-state index is 11.8. The van der Waals surface area contributed by atoms with Gasteiger partial charge in [-0.2, -0.15) is 5.10 Å². The van der Waals surface area contributed by atoms with E-state index in [1.54, 1.807) is 0 Å². The predicted molar refractivity (Wildman–Crippen MR) is 57.0 cm³/mol. The summed E-state index contributed by atoms with van der Waals surface area (Å²) in [7, 11) is 0. The fraction of sp³-hybridized carbons (Fsp3) is 0.700. The van der Waals surface area contributed by atoms with Gasteiger partial charge in [-0.15, -0.1) is 0 Å². The van der Waals surface area contributed by atoms with Gasteiger partial charge in [-0.05, 0) is 13.3 Å². The van der Waals surface area contributed by atoms with Crippen LogP contribution in [-0.4, -0.2) is 21.1 Å². The molecule has 0 aliphatic rings. The SMILES string of the molecule is CCC(C)(C)C(=O)NC(C)c1ncn[nH]1. The van der Waals surface area contributed by atoms with Crippen molar-refractivity contribution in [2.75, 3.05) is 0 Å². The zero-order valence-electron chi connectivity index (χ0n) is 9.66. The van der Waals surface area contributed by atoms with Gasteiger partial charge < -0.3 is 5.32 Å². The smallest absolute Gasteiger partial charge is 0.226 e. The molecule has 0 aromatic carbocycles. The highest BCUT2D eigenvalue weighted by atomic mass is 16.2. The van der Waals surface area contributed by atoms with Gasteiger partial charge in [0.15, 0.2) is 0 Å². The molecule has 0 fully saturated rings. The Balaban J connectivity index is 2.60. The first-order chi connectivity index (χ1) is 6.97. The first-order valence-corrected chi connectivity index (χ1v) is 5.13. The van der Waals surface area contributed by atoms with Gasteiger partial charge in [0, 0.05) is 5.41 Å². The number of carbonyl (C=O) groups excluding carboxylic acids is 1. The molecular formula is C10H18N4O. The van der Waals surface area contributed by atoms with E-state index in [1.165, 1.54) is 6.33 Å². The van der Waals surface area contributed by atoms with Gasteiger partial charge in [0.1, 0.15) is 12.2 Å². The molecule has 0 saturated carbocycles. The highest BCUT2D eigenvalue weighted by Gasteiger charge is 2.26. The summed E-state index contributed by atoms with van der Waals surface area (Å²) < 4.78 is 0. The lowest BCUT2D eigenvalue weighted by Gasteiger charge is -2.23. The molecule has 0 aliphatic heterocycles. The number of nitrogens with one attached hydrogen (secondary N) is 2. The second kappa shape index (κ2) is 4.42. The van der Waals surface area contributed by atoms with Gasteiger partial charge in [-0.3, -0.25) is 9.89 Å². The van der Waals surface area contributed by atoms with Gasteiger partial charge in [-0.1, -0.05) is 20.8 Å². The van der Waals surface area contributed by atoms with Crippen LogP contribution < -0.4 is 5.32 Å². The number of rotatable bonds is 4. The molecule has 0 aliphatic carbocycles. The van der Waals surface area contributed by atoms with E-state index in [0.29, 0.717) is 5.82 Å². The first-order valence-electron chi connectivity index (χ1n) is 5.13. The number of H-pyrrole nitrogens is 1. The highest BCUT2D eigenvalue weighted by Crippen LogP contribution is 2.21. The van der Waals surface area contributed by atoms with Crippen LogP contribution in [0.2, 0.25) is 0 Å². The number of nitrogens with zero attached hydrogens (tertiary/aromatic N) is 2. The lowest BCUT2D eigenvalue weighted by Crippen LogP contribution is -2.38. The van der Waals surface area contributed by atoms with Crippen molar-refractivity contribution in [2.45, 2.75) is 40.2 Å². The van der Waals surface area contributed by atoms with E-state index in [4.69, 9.17) is 0 Å². The fourth-order valence-corrected chi connectivity index (χ4v) is 1.04. The van der Waals surface area contributed by atoms with Crippen molar-refractivity contribution in [3.8, 4) is 0 Å². The summed E-state index contributed by atoms with van der Waals surface area (Å²) in [6.45, 7) is 7.73. The van der Waals surface area contributed by atoms with Crippen LogP contribution in [0.15, 0.2) is 6.33 Å². The van der Waals surface area contributed by atoms with E-state index in [1.807, 2.05) is 27.7 Å². The van der Waals surface area contributed by atoms with E-state index in [2.05, 4.69) is 20.5 Å². The van der Waals surface area contributed by atoms with Crippen LogP contribution in [0.1, 0.15) is 46.0 Å². The Kier molecular flexibility index (Phi) is 3.44. The highest BCUT2D eigenvalue weighted by molar-refractivity contribution is 5.81. The van der Waals surface area contributed by atoms with Gasteiger partial charge >= 0.3 is 0 Å². The standard InChI is InChI=1S/C10H18N4O/c1-5-10(3,4)9(15)13-7(2)8-11-6-12-14-8/h6-7H,5H2,1-4H3,(H,13,15)(H,11,12,14). The minimum Gasteiger partial charge on any atom is -0.346 e. The fourth-order valence-electron chi connectivity index (χ4n) is 1.04. The molecule has 1 heterocycles. The Bertz CT molecular complexity index is 318. The molecule has 1 unspecified atom stereocenters. The van der Waals surface area contributed by atoms with E-state index < -0.39 is 0 Å². The van der Waals surface area contributed by atoms with Gasteiger partial charge in [0.2, 0.25) is 5.91 Å². The summed E-state index contributed by atoms with van der Waals surface area (Å²) in [6.07, 6.45) is 2.24. The molecule has 1 aromatic rings. The Morgan fingerprint density at radius 3 is 2.80 bits per heavy atom. The Morgan fingerprint density at radius 2 is 2.33 bits per heavy atom. The summed E-state index contributed by atoms with van der Waals surface area (Å²) in [5.74, 6) is 0.712. The van der Waals surface area contributed by atoms with Crippen LogP contribution in [0.5, 0.6) is 0 Å². The molecule has 1 atom stereocenters. The largest absolute Gasteiger partial charge is 0.346 e. The Labute approximate surface area is 89.7 Å². The summed E-state index contributed by atoms with van der Waals surface area (Å²) in [4.78, 5) is 15.8. The number of aromatic nitrogens is 3. The molecule has 1 rings (SSSR count). The van der Waals surface area contributed by atoms with E-state index in [-0.39, 0.29) is 17.4 Å². The lowest BCUT2D eigenvalue weighted by molar-refractivity contribution is -0.130. The van der Waals surface area contributed by atoms with Crippen LogP contribution in [0.3, 0.4) is 0 Å². The van der Waals surface area contributed by atoms with Crippen molar-refractivity contribution in [1.29, 1.82) is 0 Å². The third-order valence-electron chi connectivity index (χ3n) is 2.69. The molecule has 0 bridgehead atoms. The maximum absolute atomic E-state index is 11.8. The molecule has 84 valence electrons. The monoisotopic (exact) mass is 210 g/mol. The van der Waals surface area contributed by atoms with Crippen molar-refractivity contribution >= 4 is 5.91 Å². The zero-order chi connectivity index (χ0) is 11.5. The second-order valence-corrected chi connectivity index (χ2v) is 4.30. The van der Waals surface area contributed by atoms with E-state index >= 15 is 0 Å². The molecule has 1 aromatic heterocycles.